The van der Waals surface area contributed by atoms with Gasteiger partial charge in [-0.05, 0) is 70.0 Å². The Morgan fingerprint density at radius 3 is 2.58 bits per heavy atom. The zero-order valence-electron chi connectivity index (χ0n) is 18.6. The summed E-state index contributed by atoms with van der Waals surface area (Å²) >= 11 is 0. The highest BCUT2D eigenvalue weighted by Crippen LogP contribution is 2.18. The van der Waals surface area contributed by atoms with Gasteiger partial charge in [-0.15, -0.1) is 0 Å². The molecule has 3 aromatic rings. The van der Waals surface area contributed by atoms with E-state index in [4.69, 9.17) is 0 Å². The van der Waals surface area contributed by atoms with E-state index >= 15 is 0 Å². The van der Waals surface area contributed by atoms with Gasteiger partial charge in [0.15, 0.2) is 0 Å². The van der Waals surface area contributed by atoms with Crippen LogP contribution in [-0.2, 0) is 13.1 Å². The van der Waals surface area contributed by atoms with Crippen LogP contribution in [0.2, 0.25) is 0 Å². The lowest BCUT2D eigenvalue weighted by Gasteiger charge is -2.14. The SMILES string of the molecule is CCn1nc(C)c(CN=C(NC(=O)c2cccc(F)c2)Nc2cc(C)ccc2C)c1C. The van der Waals surface area contributed by atoms with Gasteiger partial charge in [-0.3, -0.25) is 14.8 Å². The van der Waals surface area contributed by atoms with Crippen LogP contribution in [-0.4, -0.2) is 21.6 Å². The molecule has 1 aromatic heterocycles. The lowest BCUT2D eigenvalue weighted by atomic mass is 10.1. The second-order valence-corrected chi connectivity index (χ2v) is 7.54. The molecule has 1 amide bonds. The Labute approximate surface area is 182 Å². The molecule has 0 radical (unpaired) electrons. The molecule has 0 saturated carbocycles. The van der Waals surface area contributed by atoms with E-state index in [0.29, 0.717) is 12.5 Å². The highest BCUT2D eigenvalue weighted by atomic mass is 19.1. The van der Waals surface area contributed by atoms with Gasteiger partial charge in [0.05, 0.1) is 12.2 Å². The number of aryl methyl sites for hydroxylation is 4. The fourth-order valence-electron chi connectivity index (χ4n) is 3.35. The van der Waals surface area contributed by atoms with E-state index in [9.17, 15) is 9.18 Å². The number of hydrogen-bond donors (Lipinski definition) is 2. The monoisotopic (exact) mass is 421 g/mol. The standard InChI is InChI=1S/C24H28FN5O/c1-6-30-18(5)21(17(4)29-30)14-26-24(27-22-12-15(2)10-11-16(22)3)28-23(31)19-8-7-9-20(25)13-19/h7-13H,6,14H2,1-5H3,(H2,26,27,28,31). The van der Waals surface area contributed by atoms with E-state index in [0.717, 1.165) is 40.3 Å². The van der Waals surface area contributed by atoms with Crippen LogP contribution in [0.15, 0.2) is 47.5 Å². The number of anilines is 1. The van der Waals surface area contributed by atoms with Crippen molar-refractivity contribution in [2.45, 2.75) is 47.7 Å². The molecular formula is C24H28FN5O. The zero-order chi connectivity index (χ0) is 22.5. The summed E-state index contributed by atoms with van der Waals surface area (Å²) in [5.74, 6) is -0.605. The fraction of sp³-hybridized carbons (Fsp3) is 0.292. The normalized spacial score (nSPS) is 11.5. The Balaban J connectivity index is 1.91. The first-order valence-electron chi connectivity index (χ1n) is 10.3. The number of guanidine groups is 1. The Morgan fingerprint density at radius 2 is 1.90 bits per heavy atom. The van der Waals surface area contributed by atoms with E-state index in [1.807, 2.05) is 57.5 Å². The van der Waals surface area contributed by atoms with Crippen LogP contribution in [0, 0.1) is 33.5 Å². The highest BCUT2D eigenvalue weighted by molar-refractivity contribution is 6.10. The zero-order valence-corrected chi connectivity index (χ0v) is 18.6. The molecule has 3 rings (SSSR count). The van der Waals surface area contributed by atoms with Gasteiger partial charge in [-0.2, -0.15) is 5.10 Å². The average Bonchev–Trinajstić information content (AvgIpc) is 3.01. The molecular weight excluding hydrogens is 393 g/mol. The van der Waals surface area contributed by atoms with Crippen molar-refractivity contribution in [3.63, 3.8) is 0 Å². The van der Waals surface area contributed by atoms with Gasteiger partial charge >= 0.3 is 0 Å². The molecule has 0 fully saturated rings. The first-order chi connectivity index (χ1) is 14.8. The molecule has 0 bridgehead atoms. The number of carbonyl (C=O) groups excluding carboxylic acids is 1. The molecule has 2 aromatic carbocycles. The molecule has 0 aliphatic rings. The summed E-state index contributed by atoms with van der Waals surface area (Å²) in [6.45, 7) is 11.1. The Kier molecular flexibility index (Phi) is 6.84. The molecule has 7 heteroatoms. The van der Waals surface area contributed by atoms with Crippen LogP contribution >= 0.6 is 0 Å². The number of carbonyl (C=O) groups is 1. The third kappa shape index (κ3) is 5.36. The number of aromatic nitrogens is 2. The maximum atomic E-state index is 13.6. The van der Waals surface area contributed by atoms with Gasteiger partial charge in [-0.25, -0.2) is 9.38 Å². The van der Waals surface area contributed by atoms with Crippen LogP contribution in [0.1, 0.15) is 45.4 Å². The van der Waals surface area contributed by atoms with Crippen LogP contribution in [0.25, 0.3) is 0 Å². The predicted octanol–water partition coefficient (Wildman–Crippen LogP) is 4.67. The van der Waals surface area contributed by atoms with E-state index in [-0.39, 0.29) is 5.56 Å². The third-order valence-electron chi connectivity index (χ3n) is 5.19. The molecule has 162 valence electrons. The molecule has 0 aliphatic carbocycles. The van der Waals surface area contributed by atoms with Crippen molar-refractivity contribution in [2.24, 2.45) is 4.99 Å². The number of aliphatic imine (C=N–C) groups is 1. The van der Waals surface area contributed by atoms with Crippen LogP contribution < -0.4 is 10.6 Å². The minimum Gasteiger partial charge on any atom is -0.326 e. The minimum absolute atomic E-state index is 0.224. The van der Waals surface area contributed by atoms with Crippen molar-refractivity contribution in [1.82, 2.24) is 15.1 Å². The van der Waals surface area contributed by atoms with Crippen molar-refractivity contribution < 1.29 is 9.18 Å². The summed E-state index contributed by atoms with van der Waals surface area (Å²) in [7, 11) is 0. The first kappa shape index (κ1) is 22.2. The van der Waals surface area contributed by atoms with Crippen molar-refractivity contribution in [3.05, 3.63) is 81.9 Å². The van der Waals surface area contributed by atoms with Gasteiger partial charge in [0.2, 0.25) is 5.96 Å². The average molecular weight is 422 g/mol. The highest BCUT2D eigenvalue weighted by Gasteiger charge is 2.14. The molecule has 0 atom stereocenters. The van der Waals surface area contributed by atoms with Crippen molar-refractivity contribution in [3.8, 4) is 0 Å². The molecule has 0 spiro atoms. The van der Waals surface area contributed by atoms with Crippen molar-refractivity contribution >= 4 is 17.6 Å². The smallest absolute Gasteiger partial charge is 0.258 e. The molecule has 0 aliphatic heterocycles. The Morgan fingerprint density at radius 1 is 1.13 bits per heavy atom. The number of nitrogens with one attached hydrogen (secondary N) is 2. The number of hydrogen-bond acceptors (Lipinski definition) is 3. The molecule has 0 saturated heterocycles. The number of benzene rings is 2. The number of nitrogens with zero attached hydrogens (tertiary/aromatic N) is 3. The summed E-state index contributed by atoms with van der Waals surface area (Å²) in [5.41, 5.74) is 6.14. The molecule has 1 heterocycles. The molecule has 6 nitrogen and oxygen atoms in total. The van der Waals surface area contributed by atoms with Gasteiger partial charge in [0.25, 0.3) is 5.91 Å². The summed E-state index contributed by atoms with van der Waals surface area (Å²) < 4.78 is 15.5. The van der Waals surface area contributed by atoms with Crippen LogP contribution in [0.3, 0.4) is 0 Å². The molecule has 2 N–H and O–H groups in total. The van der Waals surface area contributed by atoms with Gasteiger partial charge in [0.1, 0.15) is 5.82 Å². The van der Waals surface area contributed by atoms with Crippen LogP contribution in [0.4, 0.5) is 10.1 Å². The number of amides is 1. The van der Waals surface area contributed by atoms with E-state index in [2.05, 4.69) is 20.7 Å². The summed E-state index contributed by atoms with van der Waals surface area (Å²) in [6, 6.07) is 11.6. The second-order valence-electron chi connectivity index (χ2n) is 7.54. The van der Waals surface area contributed by atoms with Gasteiger partial charge in [-0.1, -0.05) is 18.2 Å². The quantitative estimate of drug-likeness (QED) is 0.464. The minimum atomic E-state index is -0.466. The van der Waals surface area contributed by atoms with Gasteiger partial charge in [0, 0.05) is 29.1 Å². The molecule has 31 heavy (non-hydrogen) atoms. The Hall–Kier alpha value is -3.48. The first-order valence-corrected chi connectivity index (χ1v) is 10.3. The lowest BCUT2D eigenvalue weighted by Crippen LogP contribution is -2.36. The van der Waals surface area contributed by atoms with Crippen LogP contribution in [0.5, 0.6) is 0 Å². The number of rotatable bonds is 5. The topological polar surface area (TPSA) is 71.3 Å². The summed E-state index contributed by atoms with van der Waals surface area (Å²) in [6.07, 6.45) is 0. The van der Waals surface area contributed by atoms with Crippen molar-refractivity contribution in [1.29, 1.82) is 0 Å². The Bertz CT molecular complexity index is 1130. The summed E-state index contributed by atoms with van der Waals surface area (Å²) in [4.78, 5) is 17.4. The summed E-state index contributed by atoms with van der Waals surface area (Å²) in [5, 5.41) is 10.6. The van der Waals surface area contributed by atoms with E-state index in [1.165, 1.54) is 18.2 Å². The second kappa shape index (κ2) is 9.55. The third-order valence-corrected chi connectivity index (χ3v) is 5.19. The maximum absolute atomic E-state index is 13.6. The molecule has 0 unspecified atom stereocenters. The van der Waals surface area contributed by atoms with Gasteiger partial charge < -0.3 is 5.32 Å². The van der Waals surface area contributed by atoms with E-state index < -0.39 is 11.7 Å². The maximum Gasteiger partial charge on any atom is 0.258 e. The predicted molar refractivity (Wildman–Crippen MR) is 122 cm³/mol. The lowest BCUT2D eigenvalue weighted by molar-refractivity contribution is 0.0976. The van der Waals surface area contributed by atoms with Crippen molar-refractivity contribution in [2.75, 3.05) is 5.32 Å². The van der Waals surface area contributed by atoms with E-state index in [1.54, 1.807) is 6.07 Å². The largest absolute Gasteiger partial charge is 0.326 e. The number of halogens is 1. The fourth-order valence-corrected chi connectivity index (χ4v) is 3.35.